The molecule has 0 bridgehead atoms. The Morgan fingerprint density at radius 2 is 1.69 bits per heavy atom. The smallest absolute Gasteiger partial charge is 0.248 e. The molecule has 156 valence electrons. The molecule has 32 heavy (non-hydrogen) atoms. The highest BCUT2D eigenvalue weighted by Gasteiger charge is 2.13. The molecule has 0 radical (unpaired) electrons. The molecule has 5 rings (SSSR count). The van der Waals surface area contributed by atoms with Crippen molar-refractivity contribution in [1.29, 1.82) is 0 Å². The molecule has 1 N–H and O–H groups in total. The van der Waals surface area contributed by atoms with Crippen molar-refractivity contribution in [3.63, 3.8) is 0 Å². The summed E-state index contributed by atoms with van der Waals surface area (Å²) in [4.78, 5) is 17.7. The Balaban J connectivity index is 1.51. The van der Waals surface area contributed by atoms with Crippen molar-refractivity contribution >= 4 is 34.1 Å². The normalized spacial score (nSPS) is 11.4. The van der Waals surface area contributed by atoms with Gasteiger partial charge in [0.1, 0.15) is 5.65 Å². The summed E-state index contributed by atoms with van der Waals surface area (Å²) in [6.07, 6.45) is 5.41. The molecular weight excluding hydrogens is 394 g/mol. The lowest BCUT2D eigenvalue weighted by molar-refractivity contribution is -0.111. The molecule has 1 amide bonds. The number of benzene rings is 3. The molecule has 3 aromatic carbocycles. The fourth-order valence-corrected chi connectivity index (χ4v) is 3.91. The van der Waals surface area contributed by atoms with Gasteiger partial charge < -0.3 is 5.32 Å². The summed E-state index contributed by atoms with van der Waals surface area (Å²) < 4.78 is 2.02. The summed E-state index contributed by atoms with van der Waals surface area (Å²) in [5.74, 6) is -0.182. The maximum absolute atomic E-state index is 12.8. The monoisotopic (exact) mass is 417 g/mol. The lowest BCUT2D eigenvalue weighted by Gasteiger charge is -2.07. The van der Waals surface area contributed by atoms with Gasteiger partial charge in [0.25, 0.3) is 0 Å². The van der Waals surface area contributed by atoms with Gasteiger partial charge in [0.05, 0.1) is 11.4 Å². The third kappa shape index (κ3) is 3.79. The second kappa shape index (κ2) is 8.16. The lowest BCUT2D eigenvalue weighted by atomic mass is 10.1. The third-order valence-electron chi connectivity index (χ3n) is 5.58. The average molecular weight is 418 g/mol. The number of rotatable bonds is 4. The van der Waals surface area contributed by atoms with Gasteiger partial charge in [0.2, 0.25) is 5.91 Å². The fraction of sp³-hybridized carbons (Fsp3) is 0.0714. The largest absolute Gasteiger partial charge is 0.322 e. The maximum atomic E-state index is 12.8. The molecule has 0 aliphatic heterocycles. The SMILES string of the molecule is Cc1ccc(-c2nc3cc(C)ccn3c2/C=C/C(=O)Nc2cccc3ccccc23)cc1. The highest BCUT2D eigenvalue weighted by molar-refractivity contribution is 6.07. The third-order valence-corrected chi connectivity index (χ3v) is 5.58. The van der Waals surface area contributed by atoms with Crippen LogP contribution in [0.3, 0.4) is 0 Å². The number of nitrogens with one attached hydrogen (secondary N) is 1. The predicted molar refractivity (Wildman–Crippen MR) is 132 cm³/mol. The van der Waals surface area contributed by atoms with Crippen molar-refractivity contribution in [2.45, 2.75) is 13.8 Å². The number of hydrogen-bond acceptors (Lipinski definition) is 2. The van der Waals surface area contributed by atoms with Crippen LogP contribution in [-0.2, 0) is 4.79 Å². The summed E-state index contributed by atoms with van der Waals surface area (Å²) in [6, 6.07) is 26.3. The maximum Gasteiger partial charge on any atom is 0.248 e. The van der Waals surface area contributed by atoms with E-state index in [1.165, 1.54) is 5.56 Å². The van der Waals surface area contributed by atoms with Crippen LogP contribution in [0.2, 0.25) is 0 Å². The molecular formula is C28H23N3O. The van der Waals surface area contributed by atoms with Crippen LogP contribution in [0.5, 0.6) is 0 Å². The molecule has 4 heteroatoms. The van der Waals surface area contributed by atoms with Gasteiger partial charge in [-0.05, 0) is 49.1 Å². The summed E-state index contributed by atoms with van der Waals surface area (Å²) in [7, 11) is 0. The van der Waals surface area contributed by atoms with Crippen LogP contribution < -0.4 is 5.32 Å². The van der Waals surface area contributed by atoms with Gasteiger partial charge in [-0.1, -0.05) is 66.2 Å². The first-order chi connectivity index (χ1) is 15.6. The van der Waals surface area contributed by atoms with Crippen LogP contribution in [0.15, 0.2) is 91.1 Å². The Morgan fingerprint density at radius 1 is 0.906 bits per heavy atom. The Labute approximate surface area is 186 Å². The highest BCUT2D eigenvalue weighted by atomic mass is 16.1. The average Bonchev–Trinajstić information content (AvgIpc) is 3.16. The minimum Gasteiger partial charge on any atom is -0.322 e. The zero-order chi connectivity index (χ0) is 22.1. The number of fused-ring (bicyclic) bond motifs is 2. The first-order valence-electron chi connectivity index (χ1n) is 10.6. The molecule has 2 heterocycles. The van der Waals surface area contributed by atoms with E-state index >= 15 is 0 Å². The van der Waals surface area contributed by atoms with E-state index in [0.29, 0.717) is 0 Å². The van der Waals surface area contributed by atoms with E-state index in [0.717, 1.165) is 44.6 Å². The highest BCUT2D eigenvalue weighted by Crippen LogP contribution is 2.27. The van der Waals surface area contributed by atoms with Crippen molar-refractivity contribution in [3.8, 4) is 11.3 Å². The van der Waals surface area contributed by atoms with Gasteiger partial charge in [-0.25, -0.2) is 4.98 Å². The van der Waals surface area contributed by atoms with E-state index in [4.69, 9.17) is 4.98 Å². The van der Waals surface area contributed by atoms with Gasteiger partial charge in [-0.2, -0.15) is 0 Å². The number of imidazole rings is 1. The lowest BCUT2D eigenvalue weighted by Crippen LogP contribution is -2.08. The van der Waals surface area contributed by atoms with E-state index in [1.807, 2.05) is 78.2 Å². The van der Waals surface area contributed by atoms with Crippen molar-refractivity contribution in [3.05, 3.63) is 108 Å². The second-order valence-electron chi connectivity index (χ2n) is 7.99. The second-order valence-corrected chi connectivity index (χ2v) is 7.99. The molecule has 4 nitrogen and oxygen atoms in total. The summed E-state index contributed by atoms with van der Waals surface area (Å²) in [6.45, 7) is 4.11. The molecule has 0 aliphatic rings. The number of nitrogens with zero attached hydrogens (tertiary/aromatic N) is 2. The summed E-state index contributed by atoms with van der Waals surface area (Å²) >= 11 is 0. The van der Waals surface area contributed by atoms with E-state index in [-0.39, 0.29) is 5.91 Å². The molecule has 0 spiro atoms. The Kier molecular flexibility index (Phi) is 5.04. The molecule has 0 fully saturated rings. The number of pyridine rings is 1. The van der Waals surface area contributed by atoms with Gasteiger partial charge in [0, 0.05) is 28.9 Å². The number of carbonyl (C=O) groups excluding carboxylic acids is 1. The topological polar surface area (TPSA) is 46.4 Å². The molecule has 2 aromatic heterocycles. The molecule has 0 atom stereocenters. The number of hydrogen-bond donors (Lipinski definition) is 1. The van der Waals surface area contributed by atoms with Crippen LogP contribution in [0.4, 0.5) is 5.69 Å². The number of anilines is 1. The zero-order valence-electron chi connectivity index (χ0n) is 18.0. The van der Waals surface area contributed by atoms with Gasteiger partial charge in [-0.3, -0.25) is 9.20 Å². The van der Waals surface area contributed by atoms with Crippen molar-refractivity contribution in [2.75, 3.05) is 5.32 Å². The van der Waals surface area contributed by atoms with E-state index < -0.39 is 0 Å². The Morgan fingerprint density at radius 3 is 2.53 bits per heavy atom. The number of amides is 1. The van der Waals surface area contributed by atoms with Crippen LogP contribution in [-0.4, -0.2) is 15.3 Å². The van der Waals surface area contributed by atoms with Gasteiger partial charge in [0.15, 0.2) is 0 Å². The molecule has 0 saturated heterocycles. The standard InChI is InChI=1S/C28H23N3O/c1-19-10-12-22(13-11-19)28-25(31-17-16-20(2)18-26(31)30-28)14-15-27(32)29-24-9-5-7-21-6-3-4-8-23(21)24/h3-18H,1-2H3,(H,29,32)/b15-14+. The van der Waals surface area contributed by atoms with Crippen LogP contribution in [0.1, 0.15) is 16.8 Å². The van der Waals surface area contributed by atoms with Crippen molar-refractivity contribution < 1.29 is 4.79 Å². The van der Waals surface area contributed by atoms with Crippen LogP contribution in [0.25, 0.3) is 33.8 Å². The first-order valence-corrected chi connectivity index (χ1v) is 10.6. The fourth-order valence-electron chi connectivity index (χ4n) is 3.91. The minimum absolute atomic E-state index is 0.182. The molecule has 5 aromatic rings. The Bertz CT molecular complexity index is 1470. The molecule has 0 aliphatic carbocycles. The van der Waals surface area contributed by atoms with E-state index in [1.54, 1.807) is 6.08 Å². The minimum atomic E-state index is -0.182. The summed E-state index contributed by atoms with van der Waals surface area (Å²) in [5.41, 5.74) is 6.73. The molecule has 0 unspecified atom stereocenters. The number of aryl methyl sites for hydroxylation is 2. The van der Waals surface area contributed by atoms with Crippen LogP contribution >= 0.6 is 0 Å². The number of carbonyl (C=O) groups is 1. The van der Waals surface area contributed by atoms with Gasteiger partial charge in [-0.15, -0.1) is 0 Å². The summed E-state index contributed by atoms with van der Waals surface area (Å²) in [5, 5.41) is 5.12. The molecule has 0 saturated carbocycles. The zero-order valence-corrected chi connectivity index (χ0v) is 18.0. The van der Waals surface area contributed by atoms with Gasteiger partial charge >= 0.3 is 0 Å². The Hall–Kier alpha value is -4.18. The first kappa shape index (κ1) is 19.8. The van der Waals surface area contributed by atoms with Crippen molar-refractivity contribution in [1.82, 2.24) is 9.38 Å². The van der Waals surface area contributed by atoms with Crippen LogP contribution in [0, 0.1) is 13.8 Å². The van der Waals surface area contributed by atoms with Crippen molar-refractivity contribution in [2.24, 2.45) is 0 Å². The quantitative estimate of drug-likeness (QED) is 0.343. The number of aromatic nitrogens is 2. The van der Waals surface area contributed by atoms with E-state index in [2.05, 4.69) is 36.5 Å². The predicted octanol–water partition coefficient (Wildman–Crippen LogP) is 6.42. The van der Waals surface area contributed by atoms with E-state index in [9.17, 15) is 4.79 Å².